The third-order valence-electron chi connectivity index (χ3n) is 2.40. The highest BCUT2D eigenvalue weighted by atomic mass is 16.5. The highest BCUT2D eigenvalue weighted by molar-refractivity contribution is 5.22. The number of nitrogens with one attached hydrogen (secondary N) is 1. The van der Waals surface area contributed by atoms with E-state index in [0.29, 0.717) is 6.61 Å². The van der Waals surface area contributed by atoms with Crippen molar-refractivity contribution < 1.29 is 4.74 Å². The smallest absolute Gasteiger partial charge is 0.0713 e. The lowest BCUT2D eigenvalue weighted by Crippen LogP contribution is -2.37. The van der Waals surface area contributed by atoms with Gasteiger partial charge in [0.1, 0.15) is 0 Å². The Morgan fingerprint density at radius 2 is 1.62 bits per heavy atom. The van der Waals surface area contributed by atoms with Gasteiger partial charge in [-0.3, -0.25) is 0 Å². The molecule has 1 rings (SSSR count). The molecule has 0 heterocycles. The molecule has 0 aliphatic rings. The van der Waals surface area contributed by atoms with Gasteiger partial charge < -0.3 is 10.1 Å². The first kappa shape index (κ1) is 13.2. The molecule has 0 amide bonds. The Morgan fingerprint density at radius 1 is 1.06 bits per heavy atom. The molecule has 1 aromatic rings. The van der Waals surface area contributed by atoms with E-state index in [1.165, 1.54) is 11.1 Å². The summed E-state index contributed by atoms with van der Waals surface area (Å²) in [4.78, 5) is 0. The maximum Gasteiger partial charge on any atom is 0.0713 e. The van der Waals surface area contributed by atoms with Gasteiger partial charge >= 0.3 is 0 Å². The van der Waals surface area contributed by atoms with Crippen LogP contribution < -0.4 is 5.32 Å². The molecule has 0 saturated heterocycles. The van der Waals surface area contributed by atoms with Crippen LogP contribution in [0.4, 0.5) is 0 Å². The Bertz CT molecular complexity index is 298. The highest BCUT2D eigenvalue weighted by Crippen LogP contribution is 2.06. The van der Waals surface area contributed by atoms with E-state index in [4.69, 9.17) is 4.74 Å². The van der Waals surface area contributed by atoms with E-state index in [9.17, 15) is 0 Å². The summed E-state index contributed by atoms with van der Waals surface area (Å²) in [6.07, 6.45) is 1.07. The molecule has 0 spiro atoms. The first-order chi connectivity index (χ1) is 7.51. The van der Waals surface area contributed by atoms with Crippen LogP contribution in [0.1, 0.15) is 31.9 Å². The van der Waals surface area contributed by atoms with Crippen molar-refractivity contribution in [2.24, 2.45) is 0 Å². The van der Waals surface area contributed by atoms with Gasteiger partial charge in [0.15, 0.2) is 0 Å². The first-order valence-electron chi connectivity index (χ1n) is 5.83. The molecule has 16 heavy (non-hydrogen) atoms. The van der Waals surface area contributed by atoms with Gasteiger partial charge in [-0.15, -0.1) is 0 Å². The van der Waals surface area contributed by atoms with E-state index in [2.05, 4.69) is 50.4 Å². The Morgan fingerprint density at radius 3 is 2.12 bits per heavy atom. The van der Waals surface area contributed by atoms with Crippen LogP contribution >= 0.6 is 0 Å². The van der Waals surface area contributed by atoms with E-state index in [1.54, 1.807) is 7.11 Å². The third-order valence-corrected chi connectivity index (χ3v) is 2.40. The zero-order chi connectivity index (χ0) is 12.0. The number of methoxy groups -OCH3 is 1. The summed E-state index contributed by atoms with van der Waals surface area (Å²) in [5.74, 6) is 0. The molecule has 0 fully saturated rings. The van der Waals surface area contributed by atoms with Crippen molar-refractivity contribution in [1.29, 1.82) is 0 Å². The highest BCUT2D eigenvalue weighted by Gasteiger charge is 2.07. The van der Waals surface area contributed by atoms with Gasteiger partial charge in [-0.05, 0) is 44.9 Å². The minimum absolute atomic E-state index is 0.204. The number of hydrogen-bond donors (Lipinski definition) is 1. The average molecular weight is 221 g/mol. The van der Waals surface area contributed by atoms with Gasteiger partial charge in [0.25, 0.3) is 0 Å². The van der Waals surface area contributed by atoms with Crippen molar-refractivity contribution in [3.63, 3.8) is 0 Å². The lowest BCUT2D eigenvalue weighted by Gasteiger charge is -2.20. The summed E-state index contributed by atoms with van der Waals surface area (Å²) >= 11 is 0. The maximum absolute atomic E-state index is 5.08. The van der Waals surface area contributed by atoms with Crippen molar-refractivity contribution in [1.82, 2.24) is 5.32 Å². The zero-order valence-corrected chi connectivity index (χ0v) is 10.8. The molecule has 0 radical (unpaired) electrons. The van der Waals surface area contributed by atoms with Gasteiger partial charge in [-0.25, -0.2) is 0 Å². The Hall–Kier alpha value is -0.860. The van der Waals surface area contributed by atoms with Gasteiger partial charge in [-0.1, -0.05) is 24.3 Å². The third kappa shape index (κ3) is 5.29. The summed E-state index contributed by atoms with van der Waals surface area (Å²) in [7, 11) is 1.72. The lowest BCUT2D eigenvalue weighted by atomic mass is 10.1. The van der Waals surface area contributed by atoms with Crippen LogP contribution in [0.3, 0.4) is 0 Å². The first-order valence-corrected chi connectivity index (χ1v) is 5.83. The Labute approximate surface area is 99.0 Å². The van der Waals surface area contributed by atoms with E-state index in [1.807, 2.05) is 0 Å². The molecule has 90 valence electrons. The molecular formula is C14H23NO. The van der Waals surface area contributed by atoms with Gasteiger partial charge in [0.05, 0.1) is 6.61 Å². The fourth-order valence-corrected chi connectivity index (χ4v) is 1.55. The minimum atomic E-state index is 0.204. The second-order valence-electron chi connectivity index (χ2n) is 5.18. The predicted molar refractivity (Wildman–Crippen MR) is 68.6 cm³/mol. The van der Waals surface area contributed by atoms with E-state index in [-0.39, 0.29) is 5.54 Å². The molecule has 0 aromatic heterocycles. The normalized spacial score (nSPS) is 11.8. The second kappa shape index (κ2) is 6.02. The van der Waals surface area contributed by atoms with Crippen LogP contribution in [0, 0.1) is 0 Å². The van der Waals surface area contributed by atoms with Crippen molar-refractivity contribution in [2.75, 3.05) is 13.7 Å². The maximum atomic E-state index is 5.08. The van der Waals surface area contributed by atoms with E-state index < -0.39 is 0 Å². The molecule has 0 aliphatic carbocycles. The Kier molecular flexibility index (Phi) is 4.97. The predicted octanol–water partition coefficient (Wildman–Crippen LogP) is 2.76. The number of hydrogen-bond acceptors (Lipinski definition) is 2. The lowest BCUT2D eigenvalue weighted by molar-refractivity contribution is 0.185. The van der Waals surface area contributed by atoms with Crippen molar-refractivity contribution >= 4 is 0 Å². The van der Waals surface area contributed by atoms with E-state index in [0.717, 1.165) is 13.0 Å². The van der Waals surface area contributed by atoms with E-state index >= 15 is 0 Å². The summed E-state index contributed by atoms with van der Waals surface area (Å²) < 4.78 is 5.08. The number of ether oxygens (including phenoxy) is 1. The SMILES string of the molecule is COCc1ccc(CCNC(C)(C)C)cc1. The van der Waals surface area contributed by atoms with Gasteiger partial charge in [-0.2, -0.15) is 0 Å². The van der Waals surface area contributed by atoms with Crippen LogP contribution in [-0.4, -0.2) is 19.2 Å². The molecule has 0 unspecified atom stereocenters. The zero-order valence-electron chi connectivity index (χ0n) is 10.8. The monoisotopic (exact) mass is 221 g/mol. The van der Waals surface area contributed by atoms with Crippen LogP contribution in [-0.2, 0) is 17.8 Å². The average Bonchev–Trinajstić information content (AvgIpc) is 2.19. The molecule has 1 aromatic carbocycles. The molecule has 0 saturated carbocycles. The molecule has 0 aliphatic heterocycles. The van der Waals surface area contributed by atoms with Crippen LogP contribution in [0.2, 0.25) is 0 Å². The summed E-state index contributed by atoms with van der Waals surface area (Å²) in [5.41, 5.74) is 2.81. The topological polar surface area (TPSA) is 21.3 Å². The largest absolute Gasteiger partial charge is 0.380 e. The molecule has 1 N–H and O–H groups in total. The van der Waals surface area contributed by atoms with Crippen LogP contribution in [0.25, 0.3) is 0 Å². The van der Waals surface area contributed by atoms with Crippen LogP contribution in [0.5, 0.6) is 0 Å². The quantitative estimate of drug-likeness (QED) is 0.825. The molecule has 2 heteroatoms. The Balaban J connectivity index is 2.37. The summed E-state index contributed by atoms with van der Waals surface area (Å²) in [6.45, 7) is 8.28. The summed E-state index contributed by atoms with van der Waals surface area (Å²) in [5, 5.41) is 3.49. The number of benzene rings is 1. The fourth-order valence-electron chi connectivity index (χ4n) is 1.55. The standard InChI is InChI=1S/C14H23NO/c1-14(2,3)15-10-9-12-5-7-13(8-6-12)11-16-4/h5-8,15H,9-11H2,1-4H3. The van der Waals surface area contributed by atoms with Gasteiger partial charge in [0.2, 0.25) is 0 Å². The van der Waals surface area contributed by atoms with Crippen LogP contribution in [0.15, 0.2) is 24.3 Å². The molecular weight excluding hydrogens is 198 g/mol. The minimum Gasteiger partial charge on any atom is -0.380 e. The second-order valence-corrected chi connectivity index (χ2v) is 5.18. The fraction of sp³-hybridized carbons (Fsp3) is 0.571. The molecule has 2 nitrogen and oxygen atoms in total. The van der Waals surface area contributed by atoms with Gasteiger partial charge in [0, 0.05) is 12.6 Å². The van der Waals surface area contributed by atoms with Crippen molar-refractivity contribution in [3.8, 4) is 0 Å². The summed E-state index contributed by atoms with van der Waals surface area (Å²) in [6, 6.07) is 8.63. The molecule has 0 bridgehead atoms. The number of rotatable bonds is 5. The van der Waals surface area contributed by atoms with Crippen molar-refractivity contribution in [3.05, 3.63) is 35.4 Å². The van der Waals surface area contributed by atoms with Crippen molar-refractivity contribution in [2.45, 2.75) is 39.3 Å². The molecule has 0 atom stereocenters.